The number of rotatable bonds is 13. The summed E-state index contributed by atoms with van der Waals surface area (Å²) < 4.78 is 37.4. The summed E-state index contributed by atoms with van der Waals surface area (Å²) in [5.41, 5.74) is 2.63. The molecule has 44 heavy (non-hydrogen) atoms. The molecule has 1 amide bonds. The molecule has 4 bridgehead atoms. The van der Waals surface area contributed by atoms with Gasteiger partial charge in [0.15, 0.2) is 0 Å². The molecule has 0 radical (unpaired) electrons. The van der Waals surface area contributed by atoms with E-state index in [0.29, 0.717) is 67.8 Å². The Kier molecular flexibility index (Phi) is 7.82. The van der Waals surface area contributed by atoms with Crippen LogP contribution in [0.25, 0.3) is 11.1 Å². The van der Waals surface area contributed by atoms with Crippen molar-refractivity contribution in [3.05, 3.63) is 75.0 Å². The van der Waals surface area contributed by atoms with Crippen molar-refractivity contribution in [3.8, 4) is 17.0 Å². The lowest BCUT2D eigenvalue weighted by atomic mass is 9.71. The SMILES string of the molecule is COCCOCCOC1CC(Oc2ccc(-c3cc(F)c(NCC45C[C@@H]6c7c[nH]c(=O)cc7CC4N6C5=O)cc3Cl)cn2)C1. The Hall–Kier alpha value is -3.51. The van der Waals surface area contributed by atoms with E-state index in [0.717, 1.165) is 24.0 Å². The van der Waals surface area contributed by atoms with Crippen LogP contribution in [0.3, 0.4) is 0 Å². The molecule has 4 aliphatic heterocycles. The maximum absolute atomic E-state index is 15.3. The third-order valence-electron chi connectivity index (χ3n) is 9.40. The quantitative estimate of drug-likeness (QED) is 0.216. The van der Waals surface area contributed by atoms with Crippen LogP contribution >= 0.6 is 11.6 Å². The monoisotopic (exact) mass is 624 g/mol. The predicted octanol–water partition coefficient (Wildman–Crippen LogP) is 4.13. The Morgan fingerprint density at radius 3 is 2.77 bits per heavy atom. The average Bonchev–Trinajstić information content (AvgIpc) is 3.44. The van der Waals surface area contributed by atoms with Gasteiger partial charge in [-0.05, 0) is 42.2 Å². The molecule has 2 unspecified atom stereocenters. The van der Waals surface area contributed by atoms with Crippen LogP contribution in [0.15, 0.2) is 47.5 Å². The zero-order valence-corrected chi connectivity index (χ0v) is 25.1. The lowest BCUT2D eigenvalue weighted by Gasteiger charge is -2.51. The molecule has 3 aromatic rings. The minimum atomic E-state index is -0.630. The van der Waals surface area contributed by atoms with Crippen LogP contribution in [-0.4, -0.2) is 79.1 Å². The van der Waals surface area contributed by atoms with Crippen molar-refractivity contribution >= 4 is 23.2 Å². The smallest absolute Gasteiger partial charge is 0.248 e. The molecule has 4 fully saturated rings. The van der Waals surface area contributed by atoms with E-state index in [1.54, 1.807) is 37.7 Å². The third kappa shape index (κ3) is 5.15. The first-order valence-electron chi connectivity index (χ1n) is 14.9. The summed E-state index contributed by atoms with van der Waals surface area (Å²) >= 11 is 6.62. The number of carbonyl (C=O) groups excluding carboxylic acids is 1. The van der Waals surface area contributed by atoms with Crippen LogP contribution in [0.2, 0.25) is 5.02 Å². The second-order valence-corrected chi connectivity index (χ2v) is 12.4. The molecule has 1 aliphatic carbocycles. The Morgan fingerprint density at radius 1 is 1.14 bits per heavy atom. The number of carbonyl (C=O) groups is 1. The van der Waals surface area contributed by atoms with Crippen LogP contribution in [0.1, 0.15) is 36.4 Å². The van der Waals surface area contributed by atoms with Crippen LogP contribution in [0.4, 0.5) is 10.1 Å². The number of nitrogens with one attached hydrogen (secondary N) is 2. The van der Waals surface area contributed by atoms with Gasteiger partial charge in [0.05, 0.1) is 60.7 Å². The van der Waals surface area contributed by atoms with Crippen molar-refractivity contribution in [1.82, 2.24) is 14.9 Å². The highest BCUT2D eigenvalue weighted by Crippen LogP contribution is 2.62. The fraction of sp³-hybridized carbons (Fsp3) is 0.469. The Balaban J connectivity index is 0.934. The van der Waals surface area contributed by atoms with Gasteiger partial charge >= 0.3 is 0 Å². The molecular weight excluding hydrogens is 591 g/mol. The Bertz CT molecular complexity index is 1610. The van der Waals surface area contributed by atoms with Gasteiger partial charge in [-0.15, -0.1) is 0 Å². The lowest BCUT2D eigenvalue weighted by Crippen LogP contribution is -2.66. The molecular formula is C32H34ClFN4O6. The molecule has 2 aromatic heterocycles. The Morgan fingerprint density at radius 2 is 1.98 bits per heavy atom. The van der Waals surface area contributed by atoms with Crippen LogP contribution in [0.5, 0.6) is 5.88 Å². The van der Waals surface area contributed by atoms with Gasteiger partial charge in [0.1, 0.15) is 11.9 Å². The molecule has 0 spiro atoms. The zero-order valence-electron chi connectivity index (χ0n) is 24.3. The molecule has 1 saturated carbocycles. The first-order chi connectivity index (χ1) is 21.4. The number of hydrogen-bond donors (Lipinski definition) is 2. The van der Waals surface area contributed by atoms with Crippen LogP contribution < -0.4 is 15.6 Å². The lowest BCUT2D eigenvalue weighted by molar-refractivity contribution is -0.159. The summed E-state index contributed by atoms with van der Waals surface area (Å²) in [7, 11) is 1.64. The molecule has 3 atom stereocenters. The molecule has 3 saturated heterocycles. The van der Waals surface area contributed by atoms with Gasteiger partial charge < -0.3 is 34.1 Å². The number of amides is 1. The number of fused-ring (bicyclic) bond motifs is 1. The molecule has 10 nitrogen and oxygen atoms in total. The van der Waals surface area contributed by atoms with Gasteiger partial charge in [0.25, 0.3) is 0 Å². The Labute approximate surface area is 258 Å². The van der Waals surface area contributed by atoms with E-state index in [1.165, 1.54) is 6.07 Å². The normalized spacial score (nSPS) is 26.2. The van der Waals surface area contributed by atoms with E-state index in [2.05, 4.69) is 15.3 Å². The van der Waals surface area contributed by atoms with Crippen molar-refractivity contribution < 1.29 is 28.1 Å². The van der Waals surface area contributed by atoms with Crippen molar-refractivity contribution in [2.75, 3.05) is 45.4 Å². The number of methoxy groups -OCH3 is 1. The highest BCUT2D eigenvalue weighted by atomic mass is 35.5. The van der Waals surface area contributed by atoms with E-state index < -0.39 is 11.2 Å². The number of aromatic amines is 1. The van der Waals surface area contributed by atoms with E-state index in [9.17, 15) is 9.59 Å². The maximum Gasteiger partial charge on any atom is 0.248 e. The number of nitrogens with zero attached hydrogens (tertiary/aromatic N) is 2. The fourth-order valence-electron chi connectivity index (χ4n) is 7.01. The van der Waals surface area contributed by atoms with E-state index in [1.807, 2.05) is 11.0 Å². The second-order valence-electron chi connectivity index (χ2n) is 11.9. The van der Waals surface area contributed by atoms with Crippen molar-refractivity contribution in [1.29, 1.82) is 0 Å². The minimum absolute atomic E-state index is 0.00408. The van der Waals surface area contributed by atoms with Gasteiger partial charge in [-0.1, -0.05) is 11.6 Å². The van der Waals surface area contributed by atoms with Gasteiger partial charge in [-0.3, -0.25) is 9.59 Å². The number of H-pyrrole nitrogens is 1. The number of hydrogen-bond acceptors (Lipinski definition) is 8. The minimum Gasteiger partial charge on any atom is -0.474 e. The highest BCUT2D eigenvalue weighted by molar-refractivity contribution is 6.33. The number of benzene rings is 1. The summed E-state index contributed by atoms with van der Waals surface area (Å²) in [4.78, 5) is 34.0. The van der Waals surface area contributed by atoms with Gasteiger partial charge in [-0.25, -0.2) is 9.37 Å². The standard InChI is InChI=1S/C32H34ClFN4O6/c1-41-4-5-42-6-7-43-20-10-21(11-20)44-30-3-2-18(15-36-30)22-12-25(34)26(13-24(22)33)37-17-32-14-27-23-16-35-29(39)9-19(23)8-28(32)38(27)31(32)40/h2-3,9,12-13,15-16,20-21,27-28,37H,4-8,10-11,14,17H2,1H3,(H,35,39)/t20?,21?,27-,28?,32?/m1/s1. The molecule has 5 aliphatic rings. The van der Waals surface area contributed by atoms with Gasteiger partial charge in [0, 0.05) is 62.1 Å². The average molecular weight is 625 g/mol. The third-order valence-corrected chi connectivity index (χ3v) is 9.71. The molecule has 8 rings (SSSR count). The molecule has 1 aromatic carbocycles. The number of halogens is 2. The summed E-state index contributed by atoms with van der Waals surface area (Å²) in [5, 5.41) is 3.54. The van der Waals surface area contributed by atoms with Crippen molar-refractivity contribution in [2.24, 2.45) is 5.41 Å². The molecule has 12 heteroatoms. The van der Waals surface area contributed by atoms with E-state index in [4.69, 9.17) is 30.5 Å². The number of β-lactam (4-membered cyclic amide) rings is 1. The summed E-state index contributed by atoms with van der Waals surface area (Å²) in [5.74, 6) is 0.0904. The first-order valence-corrected chi connectivity index (χ1v) is 15.3. The van der Waals surface area contributed by atoms with Crippen LogP contribution in [0, 0.1) is 11.2 Å². The number of aromatic nitrogens is 2. The zero-order chi connectivity index (χ0) is 30.4. The second kappa shape index (κ2) is 11.8. The summed E-state index contributed by atoms with van der Waals surface area (Å²) in [6.07, 6.45) is 6.35. The van der Waals surface area contributed by atoms with Gasteiger partial charge in [0.2, 0.25) is 17.3 Å². The largest absolute Gasteiger partial charge is 0.474 e. The first kappa shape index (κ1) is 29.2. The number of anilines is 1. The topological polar surface area (TPSA) is 115 Å². The highest BCUT2D eigenvalue weighted by Gasteiger charge is 2.70. The fourth-order valence-corrected chi connectivity index (χ4v) is 7.28. The van der Waals surface area contributed by atoms with Gasteiger partial charge in [-0.2, -0.15) is 0 Å². The maximum atomic E-state index is 15.3. The van der Waals surface area contributed by atoms with Crippen molar-refractivity contribution in [3.63, 3.8) is 0 Å². The number of pyridine rings is 2. The predicted molar refractivity (Wildman–Crippen MR) is 160 cm³/mol. The van der Waals surface area contributed by atoms with E-state index >= 15 is 4.39 Å². The van der Waals surface area contributed by atoms with Crippen molar-refractivity contribution in [2.45, 2.75) is 50.0 Å². The molecule has 6 heterocycles. The van der Waals surface area contributed by atoms with E-state index in [-0.39, 0.29) is 41.4 Å². The summed E-state index contributed by atoms with van der Waals surface area (Å²) in [6, 6.07) is 8.07. The molecule has 232 valence electrons. The van der Waals surface area contributed by atoms with Crippen LogP contribution in [-0.2, 0) is 25.4 Å². The molecule has 2 N–H and O–H groups in total. The number of ether oxygens (including phenoxy) is 4. The summed E-state index contributed by atoms with van der Waals surface area (Å²) in [6.45, 7) is 2.49.